The van der Waals surface area contributed by atoms with Crippen LogP contribution in [0.3, 0.4) is 0 Å². The minimum atomic E-state index is 0.257. The van der Waals surface area contributed by atoms with Crippen LogP contribution in [-0.4, -0.2) is 39.3 Å². The number of hydrogen-bond donors (Lipinski definition) is 1. The number of likely N-dealkylation sites (N-methyl/N-ethyl adjacent to an activating group) is 1. The van der Waals surface area contributed by atoms with Crippen molar-refractivity contribution >= 4 is 15.9 Å². The first-order valence-corrected chi connectivity index (χ1v) is 9.26. The molecule has 0 aromatic heterocycles. The Morgan fingerprint density at radius 1 is 1.16 bits per heavy atom. The van der Waals surface area contributed by atoms with E-state index in [1.54, 1.807) is 7.11 Å². The second-order valence-corrected chi connectivity index (χ2v) is 7.00. The van der Waals surface area contributed by atoms with Gasteiger partial charge in [-0.15, -0.1) is 0 Å². The van der Waals surface area contributed by atoms with E-state index in [4.69, 9.17) is 9.47 Å². The topological polar surface area (TPSA) is 33.7 Å². The third-order valence-electron chi connectivity index (χ3n) is 3.88. The van der Waals surface area contributed by atoms with E-state index in [1.807, 2.05) is 19.1 Å². The van der Waals surface area contributed by atoms with Gasteiger partial charge in [0.2, 0.25) is 0 Å². The molecule has 25 heavy (non-hydrogen) atoms. The Hall–Kier alpha value is -1.56. The Bertz CT molecular complexity index is 662. The number of halogens is 1. The van der Waals surface area contributed by atoms with Crippen molar-refractivity contribution < 1.29 is 9.47 Å². The van der Waals surface area contributed by atoms with Crippen LogP contribution in [0.25, 0.3) is 0 Å². The molecular weight excluding hydrogens is 380 g/mol. The van der Waals surface area contributed by atoms with Crippen molar-refractivity contribution in [3.05, 3.63) is 58.1 Å². The fourth-order valence-corrected chi connectivity index (χ4v) is 3.34. The molecule has 0 fully saturated rings. The van der Waals surface area contributed by atoms with Crippen LogP contribution < -0.4 is 14.8 Å². The van der Waals surface area contributed by atoms with E-state index in [1.165, 1.54) is 5.56 Å². The van der Waals surface area contributed by atoms with Crippen molar-refractivity contribution in [1.29, 1.82) is 0 Å². The lowest BCUT2D eigenvalue weighted by Gasteiger charge is -2.23. The normalized spacial score (nSPS) is 12.2. The highest BCUT2D eigenvalue weighted by Gasteiger charge is 2.14. The maximum Gasteiger partial charge on any atom is 0.175 e. The predicted molar refractivity (Wildman–Crippen MR) is 106 cm³/mol. The van der Waals surface area contributed by atoms with Gasteiger partial charge in [-0.1, -0.05) is 30.3 Å². The summed E-state index contributed by atoms with van der Waals surface area (Å²) in [7, 11) is 5.85. The van der Waals surface area contributed by atoms with E-state index in [0.29, 0.717) is 6.61 Å². The van der Waals surface area contributed by atoms with Crippen molar-refractivity contribution in [2.24, 2.45) is 0 Å². The molecule has 2 rings (SSSR count). The van der Waals surface area contributed by atoms with Gasteiger partial charge >= 0.3 is 0 Å². The third-order valence-corrected chi connectivity index (χ3v) is 4.47. The lowest BCUT2D eigenvalue weighted by molar-refractivity contribution is 0.308. The molecule has 1 N–H and O–H groups in total. The summed E-state index contributed by atoms with van der Waals surface area (Å²) in [6.07, 6.45) is 0. The third kappa shape index (κ3) is 5.73. The van der Waals surface area contributed by atoms with Crippen LogP contribution in [0, 0.1) is 0 Å². The molecule has 1 atom stereocenters. The first-order chi connectivity index (χ1) is 12.0. The molecule has 136 valence electrons. The lowest BCUT2D eigenvalue weighted by Crippen LogP contribution is -2.30. The Kier molecular flexibility index (Phi) is 7.75. The van der Waals surface area contributed by atoms with Crippen LogP contribution in [-0.2, 0) is 6.54 Å². The zero-order valence-corrected chi connectivity index (χ0v) is 17.0. The van der Waals surface area contributed by atoms with Crippen LogP contribution in [0.1, 0.15) is 24.1 Å². The van der Waals surface area contributed by atoms with Gasteiger partial charge in [0.15, 0.2) is 11.5 Å². The van der Waals surface area contributed by atoms with Crippen molar-refractivity contribution in [2.75, 3.05) is 34.4 Å². The smallest absolute Gasteiger partial charge is 0.175 e. The van der Waals surface area contributed by atoms with Gasteiger partial charge in [0.1, 0.15) is 0 Å². The van der Waals surface area contributed by atoms with Gasteiger partial charge in [0, 0.05) is 19.1 Å². The summed E-state index contributed by atoms with van der Waals surface area (Å²) >= 11 is 3.59. The van der Waals surface area contributed by atoms with Gasteiger partial charge < -0.3 is 19.7 Å². The van der Waals surface area contributed by atoms with Crippen LogP contribution in [0.5, 0.6) is 11.5 Å². The molecule has 0 heterocycles. The van der Waals surface area contributed by atoms with Gasteiger partial charge in [0.05, 0.1) is 18.2 Å². The zero-order valence-electron chi connectivity index (χ0n) is 15.4. The highest BCUT2D eigenvalue weighted by molar-refractivity contribution is 9.10. The average molecular weight is 407 g/mol. The molecule has 2 aromatic rings. The molecule has 0 saturated heterocycles. The first kappa shape index (κ1) is 19.8. The van der Waals surface area contributed by atoms with Crippen molar-refractivity contribution in [3.8, 4) is 11.5 Å². The molecule has 1 unspecified atom stereocenters. The number of hydrogen-bond acceptors (Lipinski definition) is 4. The quantitative estimate of drug-likeness (QED) is 0.674. The summed E-state index contributed by atoms with van der Waals surface area (Å²) in [5.41, 5.74) is 2.43. The Balaban J connectivity index is 2.15. The molecule has 0 radical (unpaired) electrons. The van der Waals surface area contributed by atoms with E-state index >= 15 is 0 Å². The zero-order chi connectivity index (χ0) is 18.2. The highest BCUT2D eigenvalue weighted by Crippen LogP contribution is 2.36. The number of benzene rings is 2. The summed E-state index contributed by atoms with van der Waals surface area (Å²) in [5, 5.41) is 3.65. The lowest BCUT2D eigenvalue weighted by atomic mass is 10.1. The molecule has 5 heteroatoms. The van der Waals surface area contributed by atoms with Gasteiger partial charge in [-0.2, -0.15) is 0 Å². The second-order valence-electron chi connectivity index (χ2n) is 6.15. The van der Waals surface area contributed by atoms with Gasteiger partial charge in [-0.05, 0) is 60.2 Å². The molecule has 0 aliphatic carbocycles. The Morgan fingerprint density at radius 2 is 1.88 bits per heavy atom. The molecule has 0 saturated carbocycles. The average Bonchev–Trinajstić information content (AvgIpc) is 2.61. The van der Waals surface area contributed by atoms with Crippen LogP contribution >= 0.6 is 15.9 Å². The number of rotatable bonds is 9. The van der Waals surface area contributed by atoms with Gasteiger partial charge in [-0.3, -0.25) is 0 Å². The summed E-state index contributed by atoms with van der Waals surface area (Å²) in [5.74, 6) is 1.50. The second kappa shape index (κ2) is 9.80. The van der Waals surface area contributed by atoms with Crippen LogP contribution in [0.2, 0.25) is 0 Å². The maximum absolute atomic E-state index is 5.66. The van der Waals surface area contributed by atoms with Gasteiger partial charge in [0.25, 0.3) is 0 Å². The van der Waals surface area contributed by atoms with Crippen LogP contribution in [0.15, 0.2) is 46.9 Å². The highest BCUT2D eigenvalue weighted by atomic mass is 79.9. The monoisotopic (exact) mass is 406 g/mol. The molecule has 0 aliphatic rings. The minimum absolute atomic E-state index is 0.257. The number of methoxy groups -OCH3 is 1. The number of nitrogens with one attached hydrogen (secondary N) is 1. The van der Waals surface area contributed by atoms with Crippen molar-refractivity contribution in [1.82, 2.24) is 10.2 Å². The Morgan fingerprint density at radius 3 is 2.48 bits per heavy atom. The maximum atomic E-state index is 5.66. The molecule has 0 aliphatic heterocycles. The summed E-state index contributed by atoms with van der Waals surface area (Å²) in [4.78, 5) is 2.19. The molecule has 2 aromatic carbocycles. The molecule has 0 bridgehead atoms. The standard InChI is InChI=1S/C20H27BrN2O2/c1-5-25-20-17(21)11-15(12-19(20)24-4)13-22-18(14-23(2)3)16-9-7-6-8-10-16/h6-12,18,22H,5,13-14H2,1-4H3. The molecule has 4 nitrogen and oxygen atoms in total. The van der Waals surface area contributed by atoms with E-state index in [-0.39, 0.29) is 6.04 Å². The SMILES string of the molecule is CCOc1c(Br)cc(CNC(CN(C)C)c2ccccc2)cc1OC. The largest absolute Gasteiger partial charge is 0.493 e. The molecular formula is C20H27BrN2O2. The Labute approximate surface area is 159 Å². The van der Waals surface area contributed by atoms with Crippen molar-refractivity contribution in [2.45, 2.75) is 19.5 Å². The summed E-state index contributed by atoms with van der Waals surface area (Å²) in [6, 6.07) is 14.9. The number of ether oxygens (including phenoxy) is 2. The summed E-state index contributed by atoms with van der Waals surface area (Å²) in [6.45, 7) is 4.24. The fourth-order valence-electron chi connectivity index (χ4n) is 2.74. The molecule has 0 spiro atoms. The number of nitrogens with zero attached hydrogens (tertiary/aromatic N) is 1. The van der Waals surface area contributed by atoms with E-state index in [2.05, 4.69) is 70.6 Å². The molecule has 0 amide bonds. The van der Waals surface area contributed by atoms with Crippen molar-refractivity contribution in [3.63, 3.8) is 0 Å². The summed E-state index contributed by atoms with van der Waals surface area (Å²) < 4.78 is 12.1. The van der Waals surface area contributed by atoms with Crippen LogP contribution in [0.4, 0.5) is 0 Å². The van der Waals surface area contributed by atoms with E-state index in [0.717, 1.165) is 34.6 Å². The first-order valence-electron chi connectivity index (χ1n) is 8.47. The minimum Gasteiger partial charge on any atom is -0.493 e. The fraction of sp³-hybridized carbons (Fsp3) is 0.400. The predicted octanol–water partition coefficient (Wildman–Crippen LogP) is 4.25. The van der Waals surface area contributed by atoms with E-state index < -0.39 is 0 Å². The van der Waals surface area contributed by atoms with E-state index in [9.17, 15) is 0 Å². The van der Waals surface area contributed by atoms with Gasteiger partial charge in [-0.25, -0.2) is 0 Å².